The molecule has 16 heavy (non-hydrogen) atoms. The number of aliphatic hydroxyl groups is 1. The van der Waals surface area contributed by atoms with Gasteiger partial charge in [0.15, 0.2) is 0 Å². The molecule has 0 aliphatic carbocycles. The zero-order chi connectivity index (χ0) is 11.4. The number of aliphatic hydroxyl groups excluding tert-OH is 1. The first-order valence-electron chi connectivity index (χ1n) is 5.15. The molecule has 0 amide bonds. The number of hydrogen-bond acceptors (Lipinski definition) is 2. The van der Waals surface area contributed by atoms with Crippen LogP contribution in [0.2, 0.25) is 0 Å². The Morgan fingerprint density at radius 2 is 1.88 bits per heavy atom. The van der Waals surface area contributed by atoms with Gasteiger partial charge in [-0.1, -0.05) is 30.3 Å². The molecule has 0 aliphatic heterocycles. The smallest absolute Gasteiger partial charge is 0.125 e. The third kappa shape index (κ3) is 2.28. The Bertz CT molecular complexity index is 503. The molecule has 1 N–H and O–H groups in total. The highest BCUT2D eigenvalue weighted by Gasteiger charge is 2.02. The molecule has 0 spiro atoms. The van der Waals surface area contributed by atoms with Gasteiger partial charge in [0.1, 0.15) is 5.76 Å². The van der Waals surface area contributed by atoms with Crippen molar-refractivity contribution in [3.63, 3.8) is 0 Å². The molecule has 2 heteroatoms. The Labute approximate surface area is 94.9 Å². The van der Waals surface area contributed by atoms with Crippen LogP contribution in [0.25, 0.3) is 11.8 Å². The molecule has 2 aromatic rings. The quantitative estimate of drug-likeness (QED) is 0.772. The maximum absolute atomic E-state index is 9.98. The van der Waals surface area contributed by atoms with Gasteiger partial charge in [0.25, 0.3) is 0 Å². The van der Waals surface area contributed by atoms with Crippen molar-refractivity contribution in [1.29, 1.82) is 0 Å². The van der Waals surface area contributed by atoms with Crippen molar-refractivity contribution < 1.29 is 5.11 Å². The summed E-state index contributed by atoms with van der Waals surface area (Å²) in [4.78, 5) is 4.14. The van der Waals surface area contributed by atoms with E-state index in [1.807, 2.05) is 49.4 Å². The summed E-state index contributed by atoms with van der Waals surface area (Å²) in [6, 6.07) is 13.3. The lowest BCUT2D eigenvalue weighted by Crippen LogP contribution is -1.88. The minimum atomic E-state index is 0.247. The lowest BCUT2D eigenvalue weighted by Gasteiger charge is -2.03. The van der Waals surface area contributed by atoms with Gasteiger partial charge in [-0.25, -0.2) is 0 Å². The van der Waals surface area contributed by atoms with Gasteiger partial charge in [0.05, 0.1) is 5.69 Å². The number of hydrogen-bond donors (Lipinski definition) is 1. The summed E-state index contributed by atoms with van der Waals surface area (Å²) in [5.41, 5.74) is 2.64. The van der Waals surface area contributed by atoms with Gasteiger partial charge in [-0.2, -0.15) is 0 Å². The molecular formula is C14H13NO. The normalized spacial score (nSPS) is 11.4. The van der Waals surface area contributed by atoms with Crippen LogP contribution in [-0.4, -0.2) is 10.1 Å². The Morgan fingerprint density at radius 3 is 2.56 bits per heavy atom. The fourth-order valence-electron chi connectivity index (χ4n) is 1.54. The summed E-state index contributed by atoms with van der Waals surface area (Å²) in [5, 5.41) is 9.98. The Hall–Kier alpha value is -2.09. The Morgan fingerprint density at radius 1 is 1.12 bits per heavy atom. The lowest BCUT2D eigenvalue weighted by atomic mass is 10.1. The average Bonchev–Trinajstić information content (AvgIpc) is 2.31. The molecule has 80 valence electrons. The average molecular weight is 211 g/mol. The summed E-state index contributed by atoms with van der Waals surface area (Å²) < 4.78 is 0. The summed E-state index contributed by atoms with van der Waals surface area (Å²) in [7, 11) is 0. The minimum Gasteiger partial charge on any atom is -0.507 e. The van der Waals surface area contributed by atoms with Crippen molar-refractivity contribution in [2.75, 3.05) is 0 Å². The fourth-order valence-corrected chi connectivity index (χ4v) is 1.54. The van der Waals surface area contributed by atoms with E-state index in [0.29, 0.717) is 0 Å². The van der Waals surface area contributed by atoms with E-state index in [9.17, 15) is 5.11 Å². The molecule has 0 atom stereocenters. The molecule has 1 aromatic carbocycles. The van der Waals surface area contributed by atoms with Crippen LogP contribution in [0.4, 0.5) is 0 Å². The van der Waals surface area contributed by atoms with E-state index in [1.54, 1.807) is 12.3 Å². The number of aromatic nitrogens is 1. The molecule has 2 rings (SSSR count). The molecule has 2 nitrogen and oxygen atoms in total. The molecule has 1 aromatic heterocycles. The highest BCUT2D eigenvalue weighted by molar-refractivity contribution is 5.76. The monoisotopic (exact) mass is 211 g/mol. The number of benzene rings is 1. The second kappa shape index (κ2) is 4.62. The molecule has 1 heterocycles. The Kier molecular flexibility index (Phi) is 3.01. The van der Waals surface area contributed by atoms with Crippen molar-refractivity contribution in [3.8, 4) is 0 Å². The zero-order valence-electron chi connectivity index (χ0n) is 9.09. The van der Waals surface area contributed by atoms with Gasteiger partial charge in [0.2, 0.25) is 0 Å². The number of nitrogens with zero attached hydrogens (tertiary/aromatic N) is 1. The first kappa shape index (κ1) is 10.4. The second-order valence-corrected chi connectivity index (χ2v) is 3.60. The van der Waals surface area contributed by atoms with Crippen LogP contribution in [0.3, 0.4) is 0 Å². The predicted octanol–water partition coefficient (Wildman–Crippen LogP) is 3.45. The van der Waals surface area contributed by atoms with Gasteiger partial charge < -0.3 is 5.11 Å². The van der Waals surface area contributed by atoms with E-state index in [-0.39, 0.29) is 5.76 Å². The van der Waals surface area contributed by atoms with Gasteiger partial charge in [0, 0.05) is 17.8 Å². The maximum atomic E-state index is 9.98. The SMILES string of the molecule is Cc1ccccc1/C(O)=C/c1ccccn1. The molecular weight excluding hydrogens is 198 g/mol. The molecule has 0 saturated heterocycles. The highest BCUT2D eigenvalue weighted by Crippen LogP contribution is 2.17. The van der Waals surface area contributed by atoms with E-state index in [2.05, 4.69) is 4.98 Å². The van der Waals surface area contributed by atoms with Crippen LogP contribution in [0.5, 0.6) is 0 Å². The van der Waals surface area contributed by atoms with Crippen LogP contribution in [0, 0.1) is 6.92 Å². The minimum absolute atomic E-state index is 0.247. The lowest BCUT2D eigenvalue weighted by molar-refractivity contribution is 0.515. The largest absolute Gasteiger partial charge is 0.507 e. The first-order valence-corrected chi connectivity index (χ1v) is 5.15. The van der Waals surface area contributed by atoms with Crippen LogP contribution in [0.15, 0.2) is 48.7 Å². The van der Waals surface area contributed by atoms with Crippen molar-refractivity contribution in [2.24, 2.45) is 0 Å². The molecule has 0 unspecified atom stereocenters. The molecule has 0 bridgehead atoms. The highest BCUT2D eigenvalue weighted by atomic mass is 16.3. The van der Waals surface area contributed by atoms with Crippen LogP contribution >= 0.6 is 0 Å². The molecule has 0 aliphatic rings. The standard InChI is InChI=1S/C14H13NO/c1-11-6-2-3-8-13(11)14(16)10-12-7-4-5-9-15-12/h2-10,16H,1H3/b14-10-. The number of pyridine rings is 1. The number of aryl methyl sites for hydroxylation is 1. The fraction of sp³-hybridized carbons (Fsp3) is 0.0714. The first-order chi connectivity index (χ1) is 7.77. The van der Waals surface area contributed by atoms with Crippen molar-refractivity contribution in [2.45, 2.75) is 6.92 Å². The topological polar surface area (TPSA) is 33.1 Å². The zero-order valence-corrected chi connectivity index (χ0v) is 9.09. The van der Waals surface area contributed by atoms with Crippen molar-refractivity contribution in [3.05, 3.63) is 65.5 Å². The van der Waals surface area contributed by atoms with Crippen LogP contribution < -0.4 is 0 Å². The van der Waals surface area contributed by atoms with E-state index in [1.165, 1.54) is 0 Å². The maximum Gasteiger partial charge on any atom is 0.125 e. The van der Waals surface area contributed by atoms with Crippen molar-refractivity contribution >= 4 is 11.8 Å². The summed E-state index contributed by atoms with van der Waals surface area (Å²) in [6.07, 6.45) is 3.37. The molecule has 0 radical (unpaired) electrons. The van der Waals surface area contributed by atoms with E-state index in [4.69, 9.17) is 0 Å². The van der Waals surface area contributed by atoms with E-state index < -0.39 is 0 Å². The predicted molar refractivity (Wildman–Crippen MR) is 65.9 cm³/mol. The summed E-state index contributed by atoms with van der Waals surface area (Å²) in [5.74, 6) is 0.247. The Balaban J connectivity index is 2.36. The van der Waals surface area contributed by atoms with Gasteiger partial charge in [-0.15, -0.1) is 0 Å². The second-order valence-electron chi connectivity index (χ2n) is 3.60. The van der Waals surface area contributed by atoms with Crippen molar-refractivity contribution in [1.82, 2.24) is 4.98 Å². The van der Waals surface area contributed by atoms with Gasteiger partial charge >= 0.3 is 0 Å². The third-order valence-electron chi connectivity index (χ3n) is 2.39. The van der Waals surface area contributed by atoms with Gasteiger partial charge in [-0.3, -0.25) is 4.98 Å². The van der Waals surface area contributed by atoms with Gasteiger partial charge in [-0.05, 0) is 24.6 Å². The number of rotatable bonds is 2. The summed E-state index contributed by atoms with van der Waals surface area (Å²) >= 11 is 0. The van der Waals surface area contributed by atoms with Crippen LogP contribution in [-0.2, 0) is 0 Å². The molecule has 0 saturated carbocycles. The van der Waals surface area contributed by atoms with Crippen LogP contribution in [0.1, 0.15) is 16.8 Å². The molecule has 0 fully saturated rings. The van der Waals surface area contributed by atoms with E-state index >= 15 is 0 Å². The third-order valence-corrected chi connectivity index (χ3v) is 2.39. The summed E-state index contributed by atoms with van der Waals surface area (Å²) in [6.45, 7) is 1.97. The van der Waals surface area contributed by atoms with E-state index in [0.717, 1.165) is 16.8 Å².